The van der Waals surface area contributed by atoms with Gasteiger partial charge in [0.25, 0.3) is 5.56 Å². The van der Waals surface area contributed by atoms with E-state index in [4.69, 9.17) is 27.9 Å². The number of aromatic nitrogens is 2. The summed E-state index contributed by atoms with van der Waals surface area (Å²) >= 11 is 13.9. The number of para-hydroxylation sites is 1. The summed E-state index contributed by atoms with van der Waals surface area (Å²) in [6.45, 7) is 3.72. The lowest BCUT2D eigenvalue weighted by molar-refractivity contribution is 0.414. The van der Waals surface area contributed by atoms with Crippen LogP contribution in [0.2, 0.25) is 10.0 Å². The molecule has 3 aromatic rings. The first-order chi connectivity index (χ1) is 12.1. The number of ether oxygens (including phenoxy) is 1. The van der Waals surface area contributed by atoms with Crippen LogP contribution in [0.25, 0.3) is 16.6 Å². The minimum atomic E-state index is -0.205. The van der Waals surface area contributed by atoms with Gasteiger partial charge in [-0.2, -0.15) is 0 Å². The zero-order chi connectivity index (χ0) is 18.0. The first-order valence-electron chi connectivity index (χ1n) is 7.35. The highest BCUT2D eigenvalue weighted by Crippen LogP contribution is 2.34. The fourth-order valence-electron chi connectivity index (χ4n) is 2.40. The molecule has 0 fully saturated rings. The van der Waals surface area contributed by atoms with Crippen LogP contribution in [0.15, 0.2) is 59.0 Å². The Kier molecular flexibility index (Phi) is 5.37. The average Bonchev–Trinajstić information content (AvgIpc) is 2.61. The maximum absolute atomic E-state index is 13.1. The SMILES string of the molecule is C=CCSc1nc2ccccc2c(=O)n1-c1cc(OC)c(Cl)cc1Cl. The standard InChI is InChI=1S/C18H14Cl2N2O2S/c1-3-8-25-18-21-14-7-5-4-6-11(14)17(23)22(18)15-10-16(24-2)13(20)9-12(15)19/h3-7,9-10H,1,8H2,2H3. The minimum Gasteiger partial charge on any atom is -0.495 e. The molecule has 0 amide bonds. The van der Waals surface area contributed by atoms with Gasteiger partial charge in [0.05, 0.1) is 33.7 Å². The molecule has 0 aliphatic rings. The lowest BCUT2D eigenvalue weighted by atomic mass is 10.2. The van der Waals surface area contributed by atoms with E-state index in [9.17, 15) is 4.79 Å². The van der Waals surface area contributed by atoms with Gasteiger partial charge in [-0.05, 0) is 18.2 Å². The molecule has 4 nitrogen and oxygen atoms in total. The van der Waals surface area contributed by atoms with Crippen molar-refractivity contribution in [2.45, 2.75) is 5.16 Å². The van der Waals surface area contributed by atoms with E-state index in [1.807, 2.05) is 12.1 Å². The Balaban J connectivity index is 2.36. The lowest BCUT2D eigenvalue weighted by Gasteiger charge is -2.15. The molecular formula is C18H14Cl2N2O2S. The third-order valence-electron chi connectivity index (χ3n) is 3.54. The fraction of sp³-hybridized carbons (Fsp3) is 0.111. The van der Waals surface area contributed by atoms with Gasteiger partial charge in [-0.25, -0.2) is 4.98 Å². The van der Waals surface area contributed by atoms with Gasteiger partial charge in [0.2, 0.25) is 0 Å². The van der Waals surface area contributed by atoms with Gasteiger partial charge in [-0.15, -0.1) is 6.58 Å². The Morgan fingerprint density at radius 2 is 2.04 bits per heavy atom. The smallest absolute Gasteiger partial charge is 0.266 e. The molecular weight excluding hydrogens is 379 g/mol. The van der Waals surface area contributed by atoms with Gasteiger partial charge < -0.3 is 4.74 Å². The molecule has 25 heavy (non-hydrogen) atoms. The molecule has 0 radical (unpaired) electrons. The summed E-state index contributed by atoms with van der Waals surface area (Å²) in [6.07, 6.45) is 1.75. The Morgan fingerprint density at radius 1 is 1.28 bits per heavy atom. The van der Waals surface area contributed by atoms with Crippen molar-refractivity contribution < 1.29 is 4.74 Å². The molecule has 1 aromatic heterocycles. The van der Waals surface area contributed by atoms with Gasteiger partial charge in [0.15, 0.2) is 5.16 Å². The zero-order valence-corrected chi connectivity index (χ0v) is 15.7. The molecule has 0 aliphatic carbocycles. The van der Waals surface area contributed by atoms with Crippen molar-refractivity contribution in [3.63, 3.8) is 0 Å². The van der Waals surface area contributed by atoms with Crippen LogP contribution >= 0.6 is 35.0 Å². The summed E-state index contributed by atoms with van der Waals surface area (Å²) in [6, 6.07) is 10.4. The summed E-state index contributed by atoms with van der Waals surface area (Å²) in [5, 5.41) is 1.74. The number of hydrogen-bond acceptors (Lipinski definition) is 4. The molecule has 0 unspecified atom stereocenters. The Morgan fingerprint density at radius 3 is 2.76 bits per heavy atom. The monoisotopic (exact) mass is 392 g/mol. The number of halogens is 2. The minimum absolute atomic E-state index is 0.205. The van der Waals surface area contributed by atoms with Crippen LogP contribution in [-0.2, 0) is 0 Å². The maximum Gasteiger partial charge on any atom is 0.266 e. The maximum atomic E-state index is 13.1. The molecule has 7 heteroatoms. The predicted octanol–water partition coefficient (Wildman–Crippen LogP) is 4.98. The molecule has 0 spiro atoms. The van der Waals surface area contributed by atoms with E-state index >= 15 is 0 Å². The van der Waals surface area contributed by atoms with E-state index in [0.29, 0.717) is 43.3 Å². The summed E-state index contributed by atoms with van der Waals surface area (Å²) in [4.78, 5) is 17.7. The number of hydrogen-bond donors (Lipinski definition) is 0. The summed E-state index contributed by atoms with van der Waals surface area (Å²) in [5.74, 6) is 1.04. The molecule has 0 saturated carbocycles. The zero-order valence-electron chi connectivity index (χ0n) is 13.3. The van der Waals surface area contributed by atoms with Crippen molar-refractivity contribution in [3.8, 4) is 11.4 Å². The van der Waals surface area contributed by atoms with Gasteiger partial charge in [0.1, 0.15) is 5.75 Å². The second-order valence-corrected chi connectivity index (χ2v) is 6.89. The molecule has 0 bridgehead atoms. The normalized spacial score (nSPS) is 10.8. The van der Waals surface area contributed by atoms with Crippen molar-refractivity contribution in [2.24, 2.45) is 0 Å². The molecule has 3 rings (SSSR count). The lowest BCUT2D eigenvalue weighted by Crippen LogP contribution is -2.22. The van der Waals surface area contributed by atoms with Crippen LogP contribution in [0, 0.1) is 0 Å². The highest BCUT2D eigenvalue weighted by atomic mass is 35.5. The third-order valence-corrected chi connectivity index (χ3v) is 5.07. The topological polar surface area (TPSA) is 44.1 Å². The van der Waals surface area contributed by atoms with E-state index in [1.54, 1.807) is 30.3 Å². The third kappa shape index (κ3) is 3.40. The Hall–Kier alpha value is -1.95. The molecule has 0 saturated heterocycles. The highest BCUT2D eigenvalue weighted by Gasteiger charge is 2.17. The molecule has 1 heterocycles. The van der Waals surface area contributed by atoms with Crippen LogP contribution in [0.1, 0.15) is 0 Å². The predicted molar refractivity (Wildman–Crippen MR) is 105 cm³/mol. The number of methoxy groups -OCH3 is 1. The molecule has 128 valence electrons. The van der Waals surface area contributed by atoms with Crippen molar-refractivity contribution >= 4 is 45.9 Å². The highest BCUT2D eigenvalue weighted by molar-refractivity contribution is 7.99. The van der Waals surface area contributed by atoms with Crippen LogP contribution in [0.4, 0.5) is 0 Å². The van der Waals surface area contributed by atoms with Crippen LogP contribution in [0.3, 0.4) is 0 Å². The molecule has 0 aliphatic heterocycles. The van der Waals surface area contributed by atoms with Crippen molar-refractivity contribution in [1.82, 2.24) is 9.55 Å². The largest absolute Gasteiger partial charge is 0.495 e. The van der Waals surface area contributed by atoms with E-state index in [-0.39, 0.29) is 5.56 Å². The Bertz CT molecular complexity index is 1020. The van der Waals surface area contributed by atoms with E-state index in [1.165, 1.54) is 23.4 Å². The molecule has 2 aromatic carbocycles. The summed E-state index contributed by atoms with van der Waals surface area (Å²) in [5.41, 5.74) is 0.897. The molecule has 0 N–H and O–H groups in total. The van der Waals surface area contributed by atoms with E-state index in [0.717, 1.165) is 0 Å². The van der Waals surface area contributed by atoms with Crippen molar-refractivity contribution in [1.29, 1.82) is 0 Å². The van der Waals surface area contributed by atoms with Gasteiger partial charge in [-0.3, -0.25) is 9.36 Å². The van der Waals surface area contributed by atoms with Crippen LogP contribution in [0.5, 0.6) is 5.75 Å². The van der Waals surface area contributed by atoms with Crippen molar-refractivity contribution in [2.75, 3.05) is 12.9 Å². The van der Waals surface area contributed by atoms with E-state index < -0.39 is 0 Å². The van der Waals surface area contributed by atoms with Crippen LogP contribution in [-0.4, -0.2) is 22.4 Å². The number of fused-ring (bicyclic) bond motifs is 1. The first kappa shape index (κ1) is 17.9. The number of nitrogens with zero attached hydrogens (tertiary/aromatic N) is 2. The van der Waals surface area contributed by atoms with Crippen molar-refractivity contribution in [3.05, 3.63) is 69.5 Å². The number of rotatable bonds is 5. The second kappa shape index (κ2) is 7.52. The first-order valence-corrected chi connectivity index (χ1v) is 9.10. The Labute approximate surface area is 159 Å². The summed E-state index contributed by atoms with van der Waals surface area (Å²) in [7, 11) is 1.51. The second-order valence-electron chi connectivity index (χ2n) is 5.09. The van der Waals surface area contributed by atoms with Crippen LogP contribution < -0.4 is 10.3 Å². The quantitative estimate of drug-likeness (QED) is 0.348. The summed E-state index contributed by atoms with van der Waals surface area (Å²) < 4.78 is 6.74. The number of thioether (sulfide) groups is 1. The average molecular weight is 393 g/mol. The van der Waals surface area contributed by atoms with Gasteiger partial charge in [-0.1, -0.05) is 53.2 Å². The number of benzene rings is 2. The van der Waals surface area contributed by atoms with Gasteiger partial charge >= 0.3 is 0 Å². The van der Waals surface area contributed by atoms with E-state index in [2.05, 4.69) is 11.6 Å². The molecule has 0 atom stereocenters. The fourth-order valence-corrected chi connectivity index (χ4v) is 3.69. The van der Waals surface area contributed by atoms with Gasteiger partial charge in [0, 0.05) is 11.8 Å².